The van der Waals surface area contributed by atoms with E-state index in [1.165, 1.54) is 19.8 Å². The van der Waals surface area contributed by atoms with E-state index in [9.17, 15) is 24.3 Å². The van der Waals surface area contributed by atoms with Crippen LogP contribution in [0.3, 0.4) is 0 Å². The average molecular weight is 599 g/mol. The van der Waals surface area contributed by atoms with Gasteiger partial charge in [0.05, 0.1) is 12.6 Å². The van der Waals surface area contributed by atoms with E-state index < -0.39 is 42.0 Å². The molecule has 4 amide bonds. The molecule has 0 saturated carbocycles. The first-order chi connectivity index (χ1) is 20.6. The molecule has 1 aromatic rings. The highest BCUT2D eigenvalue weighted by Gasteiger charge is 2.36. The van der Waals surface area contributed by atoms with Gasteiger partial charge in [0.15, 0.2) is 0 Å². The number of piperidine rings is 2. The predicted octanol–water partition coefficient (Wildman–Crippen LogP) is 0.417. The Balaban J connectivity index is 1.56. The molecule has 0 aliphatic carbocycles. The second kappa shape index (κ2) is 15.6. The van der Waals surface area contributed by atoms with Crippen molar-refractivity contribution in [2.24, 2.45) is 11.8 Å². The van der Waals surface area contributed by atoms with Gasteiger partial charge >= 0.3 is 0 Å². The molecule has 3 aliphatic heterocycles. The Morgan fingerprint density at radius 3 is 2.30 bits per heavy atom. The maximum Gasteiger partial charge on any atom is 0.245 e. The highest BCUT2D eigenvalue weighted by molar-refractivity contribution is 5.95. The van der Waals surface area contributed by atoms with Crippen LogP contribution in [0.5, 0.6) is 0 Å². The molecule has 0 radical (unpaired) electrons. The Hall–Kier alpha value is -3.02. The number of amides is 4. The molecule has 11 heteroatoms. The van der Waals surface area contributed by atoms with Crippen molar-refractivity contribution in [3.05, 3.63) is 35.9 Å². The zero-order valence-corrected chi connectivity index (χ0v) is 25.9. The second-order valence-electron chi connectivity index (χ2n) is 12.8. The first-order valence-electron chi connectivity index (χ1n) is 16.0. The maximum absolute atomic E-state index is 13.6. The third kappa shape index (κ3) is 9.23. The minimum atomic E-state index is -1.20. The molecule has 238 valence electrons. The highest BCUT2D eigenvalue weighted by Crippen LogP contribution is 2.31. The van der Waals surface area contributed by atoms with Crippen molar-refractivity contribution in [3.8, 4) is 0 Å². The number of nitrogens with zero attached hydrogens (tertiary/aromatic N) is 2. The topological polar surface area (TPSA) is 143 Å². The van der Waals surface area contributed by atoms with E-state index in [2.05, 4.69) is 31.1 Å². The number of hydrogen-bond acceptors (Lipinski definition) is 7. The minimum absolute atomic E-state index is 0.0973. The third-order valence-electron chi connectivity index (χ3n) is 9.06. The highest BCUT2D eigenvalue weighted by atomic mass is 16.3. The van der Waals surface area contributed by atoms with Crippen LogP contribution >= 0.6 is 0 Å². The van der Waals surface area contributed by atoms with Gasteiger partial charge in [-0.1, -0.05) is 50.6 Å². The van der Waals surface area contributed by atoms with Gasteiger partial charge in [-0.15, -0.1) is 0 Å². The van der Waals surface area contributed by atoms with E-state index >= 15 is 0 Å². The number of fused-ring (bicyclic) bond motifs is 1. The van der Waals surface area contributed by atoms with Gasteiger partial charge in [0.2, 0.25) is 23.6 Å². The summed E-state index contributed by atoms with van der Waals surface area (Å²) < 4.78 is 0. The van der Waals surface area contributed by atoms with Crippen molar-refractivity contribution in [3.63, 3.8) is 0 Å². The Labute approximate surface area is 255 Å². The molecule has 3 heterocycles. The maximum atomic E-state index is 13.6. The van der Waals surface area contributed by atoms with Crippen LogP contribution in [-0.4, -0.2) is 108 Å². The van der Waals surface area contributed by atoms with E-state index in [1.807, 2.05) is 44.2 Å². The molecule has 5 N–H and O–H groups in total. The summed E-state index contributed by atoms with van der Waals surface area (Å²) in [6.45, 7) is 8.91. The number of carbonyl (C=O) groups is 4. The lowest BCUT2D eigenvalue weighted by Crippen LogP contribution is -2.60. The van der Waals surface area contributed by atoms with Crippen molar-refractivity contribution in [2.45, 2.75) is 89.6 Å². The first kappa shape index (κ1) is 32.9. The van der Waals surface area contributed by atoms with Gasteiger partial charge in [0.25, 0.3) is 0 Å². The van der Waals surface area contributed by atoms with Crippen LogP contribution in [0.15, 0.2) is 30.3 Å². The molecule has 3 fully saturated rings. The van der Waals surface area contributed by atoms with Crippen LogP contribution in [0.4, 0.5) is 0 Å². The predicted molar refractivity (Wildman–Crippen MR) is 164 cm³/mol. The first-order valence-corrected chi connectivity index (χ1v) is 16.0. The molecule has 0 unspecified atom stereocenters. The summed E-state index contributed by atoms with van der Waals surface area (Å²) >= 11 is 0. The smallest absolute Gasteiger partial charge is 0.245 e. The summed E-state index contributed by atoms with van der Waals surface area (Å²) in [5.74, 6) is -1.63. The van der Waals surface area contributed by atoms with Gasteiger partial charge in [-0.05, 0) is 63.1 Å². The second-order valence-corrected chi connectivity index (χ2v) is 12.8. The minimum Gasteiger partial charge on any atom is -0.391 e. The lowest BCUT2D eigenvalue weighted by atomic mass is 9.83. The van der Waals surface area contributed by atoms with Gasteiger partial charge in [0.1, 0.15) is 18.1 Å². The van der Waals surface area contributed by atoms with Gasteiger partial charge in [-0.2, -0.15) is 0 Å². The lowest BCUT2D eigenvalue weighted by Gasteiger charge is -2.45. The molecule has 0 spiro atoms. The number of aliphatic hydroxyl groups excluding tert-OH is 1. The van der Waals surface area contributed by atoms with Crippen LogP contribution in [0.25, 0.3) is 0 Å². The Kier molecular flexibility index (Phi) is 12.0. The molecule has 3 saturated heterocycles. The number of carbonyl (C=O) groups excluding carboxylic acids is 4. The third-order valence-corrected chi connectivity index (χ3v) is 9.06. The quantitative estimate of drug-likeness (QED) is 0.319. The van der Waals surface area contributed by atoms with Crippen LogP contribution in [0.1, 0.15) is 58.4 Å². The molecule has 0 aromatic heterocycles. The van der Waals surface area contributed by atoms with Gasteiger partial charge in [-0.25, -0.2) is 0 Å². The summed E-state index contributed by atoms with van der Waals surface area (Å²) in [6.07, 6.45) is 4.87. The monoisotopic (exact) mass is 598 g/mol. The van der Waals surface area contributed by atoms with Crippen molar-refractivity contribution in [2.75, 3.05) is 39.3 Å². The molecule has 6 atom stereocenters. The fraction of sp³-hybridized carbons (Fsp3) is 0.688. The van der Waals surface area contributed by atoms with Gasteiger partial charge < -0.3 is 31.3 Å². The fourth-order valence-corrected chi connectivity index (χ4v) is 6.74. The molecule has 4 rings (SSSR count). The Morgan fingerprint density at radius 1 is 0.837 bits per heavy atom. The molecular formula is C32H50N6O5. The van der Waals surface area contributed by atoms with Crippen LogP contribution in [-0.2, 0) is 25.6 Å². The summed E-state index contributed by atoms with van der Waals surface area (Å²) in [4.78, 5) is 58.3. The van der Waals surface area contributed by atoms with E-state index in [1.54, 1.807) is 0 Å². The number of aliphatic hydroxyl groups is 1. The summed E-state index contributed by atoms with van der Waals surface area (Å²) in [7, 11) is 0. The van der Waals surface area contributed by atoms with Crippen LogP contribution in [0.2, 0.25) is 0 Å². The van der Waals surface area contributed by atoms with Crippen molar-refractivity contribution < 1.29 is 24.3 Å². The Bertz CT molecular complexity index is 1100. The molecule has 0 bridgehead atoms. The fourth-order valence-electron chi connectivity index (χ4n) is 6.74. The number of hydrogen-bond donors (Lipinski definition) is 5. The molecule has 3 aliphatic rings. The van der Waals surface area contributed by atoms with Crippen molar-refractivity contribution >= 4 is 23.6 Å². The van der Waals surface area contributed by atoms with E-state index in [0.29, 0.717) is 18.5 Å². The zero-order chi connectivity index (χ0) is 30.9. The van der Waals surface area contributed by atoms with E-state index in [0.717, 1.165) is 44.5 Å². The summed E-state index contributed by atoms with van der Waals surface area (Å²) in [5, 5.41) is 21.7. The summed E-state index contributed by atoms with van der Waals surface area (Å²) in [6, 6.07) is 6.68. The SMILES string of the molecule is CC(C)[C@H]1NC(=O)CN(C[C@@H]2CCCN3CCCC[C@H]23)CCNC(=O)[C@H]([C@@H](C)O)NC(=O)[C@H](Cc2ccccc2)NC1=O. The average Bonchev–Trinajstić information content (AvgIpc) is 2.98. The normalized spacial score (nSPS) is 29.7. The number of benzene rings is 1. The molecule has 43 heavy (non-hydrogen) atoms. The van der Waals surface area contributed by atoms with E-state index in [4.69, 9.17) is 0 Å². The molecule has 1 aromatic carbocycles. The van der Waals surface area contributed by atoms with Crippen molar-refractivity contribution in [1.82, 2.24) is 31.1 Å². The van der Waals surface area contributed by atoms with Gasteiger partial charge in [0, 0.05) is 32.1 Å². The standard InChI is InChI=1S/C32H50N6O5/c1-21(2)28-32(43)34-25(18-23-10-5-4-6-11-23)30(41)36-29(22(3)39)31(42)33-14-17-37(20-27(40)35-28)19-24-12-9-16-38-15-8-7-13-26(24)38/h4-6,10-11,21-22,24-26,28-29,39H,7-9,12-20H2,1-3H3,(H,33,42)(H,34,43)(H,35,40)(H,36,41)/t22-,24+,25+,26-,28-,29+/m1/s1. The zero-order valence-electron chi connectivity index (χ0n) is 25.9. The van der Waals surface area contributed by atoms with Crippen molar-refractivity contribution in [1.29, 1.82) is 0 Å². The number of rotatable bonds is 6. The van der Waals surface area contributed by atoms with Crippen LogP contribution < -0.4 is 21.3 Å². The summed E-state index contributed by atoms with van der Waals surface area (Å²) in [5.41, 5.74) is 0.818. The van der Waals surface area contributed by atoms with Crippen LogP contribution in [0, 0.1) is 11.8 Å². The lowest BCUT2D eigenvalue weighted by molar-refractivity contribution is -0.135. The Morgan fingerprint density at radius 2 is 1.58 bits per heavy atom. The molecular weight excluding hydrogens is 548 g/mol. The van der Waals surface area contributed by atoms with E-state index in [-0.39, 0.29) is 31.3 Å². The number of nitrogens with one attached hydrogen (secondary N) is 4. The largest absolute Gasteiger partial charge is 0.391 e. The molecule has 11 nitrogen and oxygen atoms in total. The van der Waals surface area contributed by atoms with Gasteiger partial charge in [-0.3, -0.25) is 24.1 Å².